The van der Waals surface area contributed by atoms with Gasteiger partial charge in [0.1, 0.15) is 12.4 Å². The molecule has 1 heterocycles. The predicted octanol–water partition coefficient (Wildman–Crippen LogP) is 3.08. The second kappa shape index (κ2) is 6.29. The van der Waals surface area contributed by atoms with Crippen LogP contribution in [0.5, 0.6) is 5.88 Å². The van der Waals surface area contributed by atoms with Crippen molar-refractivity contribution >= 4 is 0 Å². The molecule has 3 nitrogen and oxygen atoms in total. The molecule has 1 aromatic carbocycles. The van der Waals surface area contributed by atoms with Crippen LogP contribution in [0.4, 0.5) is 4.39 Å². The molecule has 100 valence electrons. The van der Waals surface area contributed by atoms with E-state index in [-0.39, 0.29) is 18.5 Å². The lowest BCUT2D eigenvalue weighted by atomic mass is 10.1. The van der Waals surface area contributed by atoms with Crippen LogP contribution >= 0.6 is 0 Å². The molecule has 0 radical (unpaired) electrons. The third-order valence-corrected chi connectivity index (χ3v) is 3.02. The van der Waals surface area contributed by atoms with Gasteiger partial charge in [-0.3, -0.25) is 0 Å². The van der Waals surface area contributed by atoms with Crippen molar-refractivity contribution in [1.29, 1.82) is 0 Å². The molecule has 0 bridgehead atoms. The Bertz CT molecular complexity index is 545. The van der Waals surface area contributed by atoms with Gasteiger partial charge >= 0.3 is 0 Å². The minimum absolute atomic E-state index is 0.129. The number of benzene rings is 1. The van der Waals surface area contributed by atoms with Crippen LogP contribution in [0.2, 0.25) is 0 Å². The van der Waals surface area contributed by atoms with Gasteiger partial charge in [0.05, 0.1) is 0 Å². The number of aromatic nitrogens is 1. The number of rotatable bonds is 5. The normalized spacial score (nSPS) is 12.2. The topological polar surface area (TPSA) is 34.2 Å². The standard InChI is InChI=1S/C15H17FN2O/c1-11(17-2)13-7-5-9-18-15(13)19-10-12-6-3-4-8-14(12)16/h3-9,11,17H,10H2,1-2H3. The fourth-order valence-electron chi connectivity index (χ4n) is 1.77. The van der Waals surface area contributed by atoms with Gasteiger partial charge in [0.25, 0.3) is 0 Å². The summed E-state index contributed by atoms with van der Waals surface area (Å²) in [4.78, 5) is 4.21. The van der Waals surface area contributed by atoms with Crippen molar-refractivity contribution in [3.8, 4) is 5.88 Å². The number of nitrogens with zero attached hydrogens (tertiary/aromatic N) is 1. The number of pyridine rings is 1. The first-order valence-electron chi connectivity index (χ1n) is 6.20. The van der Waals surface area contributed by atoms with Gasteiger partial charge in [-0.25, -0.2) is 9.37 Å². The van der Waals surface area contributed by atoms with E-state index in [1.165, 1.54) is 6.07 Å². The van der Waals surface area contributed by atoms with Crippen molar-refractivity contribution in [2.75, 3.05) is 7.05 Å². The van der Waals surface area contributed by atoms with Gasteiger partial charge in [0.15, 0.2) is 0 Å². The molecule has 0 aliphatic heterocycles. The number of halogens is 1. The maximum atomic E-state index is 13.5. The Labute approximate surface area is 112 Å². The van der Waals surface area contributed by atoms with Crippen LogP contribution < -0.4 is 10.1 Å². The molecule has 1 aromatic heterocycles. The van der Waals surface area contributed by atoms with Gasteiger partial charge in [0.2, 0.25) is 5.88 Å². The second-order valence-electron chi connectivity index (χ2n) is 4.29. The van der Waals surface area contributed by atoms with Crippen LogP contribution in [0.15, 0.2) is 42.6 Å². The largest absolute Gasteiger partial charge is 0.472 e. The van der Waals surface area contributed by atoms with Crippen LogP contribution in [-0.4, -0.2) is 12.0 Å². The molecule has 2 rings (SSSR count). The summed E-state index contributed by atoms with van der Waals surface area (Å²) in [7, 11) is 1.87. The van der Waals surface area contributed by atoms with E-state index in [1.807, 2.05) is 26.1 Å². The SMILES string of the molecule is CNC(C)c1cccnc1OCc1ccccc1F. The molecule has 0 amide bonds. The first-order chi connectivity index (χ1) is 9.22. The molecule has 1 unspecified atom stereocenters. The summed E-state index contributed by atoms with van der Waals surface area (Å²) in [6.45, 7) is 2.19. The van der Waals surface area contributed by atoms with Crippen molar-refractivity contribution in [3.63, 3.8) is 0 Å². The van der Waals surface area contributed by atoms with Gasteiger partial charge in [-0.05, 0) is 26.1 Å². The van der Waals surface area contributed by atoms with Gasteiger partial charge in [0, 0.05) is 23.4 Å². The number of nitrogens with one attached hydrogen (secondary N) is 1. The molecule has 19 heavy (non-hydrogen) atoms. The third-order valence-electron chi connectivity index (χ3n) is 3.02. The number of ether oxygens (including phenoxy) is 1. The summed E-state index contributed by atoms with van der Waals surface area (Å²) >= 11 is 0. The Balaban J connectivity index is 2.14. The van der Waals surface area contributed by atoms with Gasteiger partial charge in [-0.2, -0.15) is 0 Å². The molecule has 0 aliphatic rings. The van der Waals surface area contributed by atoms with Crippen molar-refractivity contribution in [2.45, 2.75) is 19.6 Å². The predicted molar refractivity (Wildman–Crippen MR) is 72.4 cm³/mol. The van der Waals surface area contributed by atoms with Crippen LogP contribution in [0.1, 0.15) is 24.1 Å². The molecule has 0 fully saturated rings. The quantitative estimate of drug-likeness (QED) is 0.897. The van der Waals surface area contributed by atoms with Gasteiger partial charge < -0.3 is 10.1 Å². The fraction of sp³-hybridized carbons (Fsp3) is 0.267. The zero-order valence-corrected chi connectivity index (χ0v) is 11.1. The molecular weight excluding hydrogens is 243 g/mol. The minimum atomic E-state index is -0.262. The van der Waals surface area contributed by atoms with E-state index in [4.69, 9.17) is 4.74 Å². The van der Waals surface area contributed by atoms with Crippen LogP contribution in [0.3, 0.4) is 0 Å². The van der Waals surface area contributed by atoms with E-state index in [1.54, 1.807) is 24.4 Å². The zero-order valence-electron chi connectivity index (χ0n) is 11.1. The highest BCUT2D eigenvalue weighted by Gasteiger charge is 2.11. The number of hydrogen-bond acceptors (Lipinski definition) is 3. The monoisotopic (exact) mass is 260 g/mol. The maximum Gasteiger partial charge on any atom is 0.218 e. The van der Waals surface area contributed by atoms with Gasteiger partial charge in [-0.1, -0.05) is 24.3 Å². The Hall–Kier alpha value is -1.94. The van der Waals surface area contributed by atoms with E-state index in [0.29, 0.717) is 11.4 Å². The molecule has 0 saturated carbocycles. The van der Waals surface area contributed by atoms with Crippen molar-refractivity contribution in [1.82, 2.24) is 10.3 Å². The highest BCUT2D eigenvalue weighted by Crippen LogP contribution is 2.23. The lowest BCUT2D eigenvalue weighted by Gasteiger charge is -2.15. The third kappa shape index (κ3) is 3.29. The summed E-state index contributed by atoms with van der Waals surface area (Å²) in [5, 5.41) is 3.14. The summed E-state index contributed by atoms with van der Waals surface area (Å²) in [6.07, 6.45) is 1.67. The lowest BCUT2D eigenvalue weighted by molar-refractivity contribution is 0.282. The molecule has 0 aliphatic carbocycles. The van der Waals surface area contributed by atoms with E-state index in [9.17, 15) is 4.39 Å². The average molecular weight is 260 g/mol. The van der Waals surface area contributed by atoms with E-state index in [2.05, 4.69) is 10.3 Å². The van der Waals surface area contributed by atoms with E-state index < -0.39 is 0 Å². The number of hydrogen-bond donors (Lipinski definition) is 1. The molecular formula is C15H17FN2O. The molecule has 0 saturated heterocycles. The lowest BCUT2D eigenvalue weighted by Crippen LogP contribution is -2.14. The molecule has 1 atom stereocenters. The molecule has 0 spiro atoms. The first kappa shape index (κ1) is 13.5. The Morgan fingerprint density at radius 3 is 2.79 bits per heavy atom. The summed E-state index contributed by atoms with van der Waals surface area (Å²) in [5.41, 5.74) is 1.48. The van der Waals surface area contributed by atoms with E-state index >= 15 is 0 Å². The highest BCUT2D eigenvalue weighted by molar-refractivity contribution is 5.29. The molecule has 4 heteroatoms. The molecule has 1 N–H and O–H groups in total. The maximum absolute atomic E-state index is 13.5. The second-order valence-corrected chi connectivity index (χ2v) is 4.29. The van der Waals surface area contributed by atoms with E-state index in [0.717, 1.165) is 5.56 Å². The van der Waals surface area contributed by atoms with Crippen LogP contribution in [0.25, 0.3) is 0 Å². The molecule has 2 aromatic rings. The Kier molecular flexibility index (Phi) is 4.47. The van der Waals surface area contributed by atoms with Crippen molar-refractivity contribution in [2.24, 2.45) is 0 Å². The fourth-order valence-corrected chi connectivity index (χ4v) is 1.77. The first-order valence-corrected chi connectivity index (χ1v) is 6.20. The van der Waals surface area contributed by atoms with Crippen LogP contribution in [0, 0.1) is 5.82 Å². The Morgan fingerprint density at radius 2 is 2.05 bits per heavy atom. The summed E-state index contributed by atoms with van der Waals surface area (Å²) in [6, 6.07) is 10.5. The Morgan fingerprint density at radius 1 is 1.26 bits per heavy atom. The minimum Gasteiger partial charge on any atom is -0.472 e. The average Bonchev–Trinajstić information content (AvgIpc) is 2.46. The summed E-state index contributed by atoms with van der Waals surface area (Å²) in [5.74, 6) is 0.272. The zero-order chi connectivity index (χ0) is 13.7. The van der Waals surface area contributed by atoms with Crippen molar-refractivity contribution < 1.29 is 9.13 Å². The van der Waals surface area contributed by atoms with Crippen LogP contribution in [-0.2, 0) is 6.61 Å². The summed E-state index contributed by atoms with van der Waals surface area (Å²) < 4.78 is 19.1. The highest BCUT2D eigenvalue weighted by atomic mass is 19.1. The smallest absolute Gasteiger partial charge is 0.218 e. The van der Waals surface area contributed by atoms with Crippen molar-refractivity contribution in [3.05, 3.63) is 59.5 Å². The van der Waals surface area contributed by atoms with Gasteiger partial charge in [-0.15, -0.1) is 0 Å².